The minimum atomic E-state index is -0.483. The van der Waals surface area contributed by atoms with Crippen LogP contribution in [0.25, 0.3) is 0 Å². The summed E-state index contributed by atoms with van der Waals surface area (Å²) in [6.45, 7) is 4.37. The summed E-state index contributed by atoms with van der Waals surface area (Å²) in [5.41, 5.74) is 1.40. The van der Waals surface area contributed by atoms with Crippen LogP contribution in [0, 0.1) is 20.2 Å². The molecule has 0 aliphatic carbocycles. The molecular formula is C20H22N4O6. The van der Waals surface area contributed by atoms with Crippen molar-refractivity contribution in [2.75, 3.05) is 13.1 Å². The molecule has 158 valence electrons. The summed E-state index contributed by atoms with van der Waals surface area (Å²) in [5, 5.41) is 25.2. The van der Waals surface area contributed by atoms with Crippen LogP contribution in [0.3, 0.4) is 0 Å². The lowest BCUT2D eigenvalue weighted by Gasteiger charge is -2.22. The van der Waals surface area contributed by atoms with Crippen LogP contribution in [0.2, 0.25) is 0 Å². The number of ether oxygens (including phenoxy) is 1. The van der Waals surface area contributed by atoms with Crippen LogP contribution >= 0.6 is 0 Å². The molecule has 2 aromatic carbocycles. The van der Waals surface area contributed by atoms with Crippen LogP contribution in [0.15, 0.2) is 48.5 Å². The van der Waals surface area contributed by atoms with Crippen molar-refractivity contribution in [3.8, 4) is 0 Å². The molecule has 3 atom stereocenters. The Morgan fingerprint density at radius 3 is 2.23 bits per heavy atom. The third-order valence-corrected chi connectivity index (χ3v) is 5.17. The highest BCUT2D eigenvalue weighted by atomic mass is 16.6. The number of carbonyl (C=O) groups excluding carboxylic acids is 1. The average molecular weight is 414 g/mol. The Morgan fingerprint density at radius 1 is 1.07 bits per heavy atom. The minimum absolute atomic E-state index is 0.0189. The molecule has 0 bridgehead atoms. The van der Waals surface area contributed by atoms with Crippen molar-refractivity contribution in [3.63, 3.8) is 0 Å². The van der Waals surface area contributed by atoms with Crippen molar-refractivity contribution >= 4 is 17.5 Å². The highest BCUT2D eigenvalue weighted by Gasteiger charge is 2.35. The molecule has 0 spiro atoms. The van der Waals surface area contributed by atoms with Gasteiger partial charge in [0, 0.05) is 36.9 Å². The Bertz CT molecular complexity index is 966. The Kier molecular flexibility index (Phi) is 6.26. The first-order chi connectivity index (χ1) is 14.3. The highest BCUT2D eigenvalue weighted by Crippen LogP contribution is 2.28. The van der Waals surface area contributed by atoms with Crippen molar-refractivity contribution in [2.45, 2.75) is 32.0 Å². The zero-order chi connectivity index (χ0) is 21.8. The van der Waals surface area contributed by atoms with Crippen molar-refractivity contribution < 1.29 is 19.4 Å². The van der Waals surface area contributed by atoms with Gasteiger partial charge in [-0.05, 0) is 25.0 Å². The normalized spacial score (nSPS) is 18.0. The summed E-state index contributed by atoms with van der Waals surface area (Å²) in [6.07, 6.45) is -0.886. The number of hydrogen-bond acceptors (Lipinski definition) is 7. The molecule has 0 radical (unpaired) electrons. The third kappa shape index (κ3) is 4.71. The summed E-state index contributed by atoms with van der Waals surface area (Å²) < 4.78 is 5.42. The maximum atomic E-state index is 12.3. The summed E-state index contributed by atoms with van der Waals surface area (Å²) in [6, 6.07) is 12.0. The number of cyclic esters (lactones) is 1. The molecule has 1 saturated heterocycles. The first-order valence-electron chi connectivity index (χ1n) is 9.45. The van der Waals surface area contributed by atoms with E-state index in [9.17, 15) is 25.0 Å². The molecule has 3 rings (SSSR count). The number of benzene rings is 2. The summed E-state index contributed by atoms with van der Waals surface area (Å²) >= 11 is 0. The van der Waals surface area contributed by atoms with Crippen molar-refractivity contribution in [3.05, 3.63) is 79.9 Å². The Labute approximate surface area is 172 Å². The Morgan fingerprint density at radius 2 is 1.63 bits per heavy atom. The van der Waals surface area contributed by atoms with Crippen LogP contribution in [-0.2, 0) is 4.74 Å². The molecule has 30 heavy (non-hydrogen) atoms. The first kappa shape index (κ1) is 21.2. The molecule has 1 N–H and O–H groups in total. The molecule has 1 heterocycles. The molecule has 10 nitrogen and oxygen atoms in total. The molecule has 10 heteroatoms. The van der Waals surface area contributed by atoms with Gasteiger partial charge in [0.05, 0.1) is 22.4 Å². The second kappa shape index (κ2) is 8.87. The van der Waals surface area contributed by atoms with E-state index < -0.39 is 22.0 Å². The summed E-state index contributed by atoms with van der Waals surface area (Å²) in [7, 11) is 0. The van der Waals surface area contributed by atoms with E-state index in [4.69, 9.17) is 4.74 Å². The third-order valence-electron chi connectivity index (χ3n) is 5.17. The molecule has 1 amide bonds. The number of nitro groups is 2. The molecular weight excluding hydrogens is 392 g/mol. The van der Waals surface area contributed by atoms with Crippen molar-refractivity contribution in [1.82, 2.24) is 10.2 Å². The number of rotatable bonds is 8. The molecule has 2 aromatic rings. The number of amides is 1. The van der Waals surface area contributed by atoms with Gasteiger partial charge in [-0.25, -0.2) is 4.79 Å². The van der Waals surface area contributed by atoms with E-state index in [0.29, 0.717) is 18.7 Å². The average Bonchev–Trinajstić information content (AvgIpc) is 3.12. The van der Waals surface area contributed by atoms with Gasteiger partial charge >= 0.3 is 6.09 Å². The van der Waals surface area contributed by atoms with Gasteiger partial charge in [-0.1, -0.05) is 24.3 Å². The first-order valence-corrected chi connectivity index (χ1v) is 9.45. The van der Waals surface area contributed by atoms with Crippen molar-refractivity contribution in [2.24, 2.45) is 0 Å². The second-order valence-corrected chi connectivity index (χ2v) is 7.17. The maximum Gasteiger partial charge on any atom is 0.410 e. The largest absolute Gasteiger partial charge is 0.443 e. The van der Waals surface area contributed by atoms with Crippen LogP contribution < -0.4 is 5.32 Å². The number of hydrogen-bond donors (Lipinski definition) is 1. The summed E-state index contributed by atoms with van der Waals surface area (Å²) in [5.74, 6) is 0. The van der Waals surface area contributed by atoms with Gasteiger partial charge in [0.2, 0.25) is 0 Å². The van der Waals surface area contributed by atoms with Gasteiger partial charge in [0.1, 0.15) is 6.10 Å². The topological polar surface area (TPSA) is 128 Å². The van der Waals surface area contributed by atoms with E-state index in [1.54, 1.807) is 31.2 Å². The zero-order valence-corrected chi connectivity index (χ0v) is 16.6. The smallest absolute Gasteiger partial charge is 0.410 e. The predicted molar refractivity (Wildman–Crippen MR) is 108 cm³/mol. The lowest BCUT2D eigenvalue weighted by molar-refractivity contribution is -0.385. The number of nitrogens with one attached hydrogen (secondary N) is 1. The second-order valence-electron chi connectivity index (χ2n) is 7.17. The fraction of sp³-hybridized carbons (Fsp3) is 0.350. The SMILES string of the molecule is C[C@H](NC[C@H]1CN([C@@H](C)c2cccc([N+](=O)[O-])c2)C(=O)O1)c1cccc([N+](=O)[O-])c1. The summed E-state index contributed by atoms with van der Waals surface area (Å²) in [4.78, 5) is 34.9. The van der Waals surface area contributed by atoms with Gasteiger partial charge < -0.3 is 10.1 Å². The molecule has 0 saturated carbocycles. The zero-order valence-electron chi connectivity index (χ0n) is 16.6. The maximum absolute atomic E-state index is 12.3. The van der Waals surface area contributed by atoms with E-state index in [1.165, 1.54) is 29.2 Å². The predicted octanol–water partition coefficient (Wildman–Crippen LogP) is 3.74. The highest BCUT2D eigenvalue weighted by molar-refractivity contribution is 5.70. The minimum Gasteiger partial charge on any atom is -0.443 e. The van der Waals surface area contributed by atoms with Crippen LogP contribution in [0.5, 0.6) is 0 Å². The molecule has 1 fully saturated rings. The van der Waals surface area contributed by atoms with Crippen LogP contribution in [0.4, 0.5) is 16.2 Å². The lowest BCUT2D eigenvalue weighted by atomic mass is 10.1. The fourth-order valence-electron chi connectivity index (χ4n) is 3.38. The van der Waals surface area contributed by atoms with E-state index in [-0.39, 0.29) is 23.5 Å². The lowest BCUT2D eigenvalue weighted by Crippen LogP contribution is -2.33. The molecule has 0 aromatic heterocycles. The van der Waals surface area contributed by atoms with Gasteiger partial charge in [0.15, 0.2) is 0 Å². The van der Waals surface area contributed by atoms with Gasteiger partial charge in [-0.2, -0.15) is 0 Å². The van der Waals surface area contributed by atoms with Crippen molar-refractivity contribution in [1.29, 1.82) is 0 Å². The monoisotopic (exact) mass is 414 g/mol. The van der Waals surface area contributed by atoms with Crippen LogP contribution in [0.1, 0.15) is 37.1 Å². The molecule has 0 unspecified atom stereocenters. The fourth-order valence-corrected chi connectivity index (χ4v) is 3.38. The number of nitrogens with zero attached hydrogens (tertiary/aromatic N) is 3. The van der Waals surface area contributed by atoms with E-state index in [1.807, 2.05) is 6.92 Å². The number of nitro benzene ring substituents is 2. The molecule has 1 aliphatic heterocycles. The van der Waals surface area contributed by atoms with Gasteiger partial charge in [-0.3, -0.25) is 25.1 Å². The van der Waals surface area contributed by atoms with Gasteiger partial charge in [0.25, 0.3) is 11.4 Å². The Hall–Kier alpha value is -3.53. The van der Waals surface area contributed by atoms with Gasteiger partial charge in [-0.15, -0.1) is 0 Å². The number of carbonyl (C=O) groups is 1. The van der Waals surface area contributed by atoms with E-state index >= 15 is 0 Å². The van der Waals surface area contributed by atoms with E-state index in [2.05, 4.69) is 5.32 Å². The molecule has 1 aliphatic rings. The quantitative estimate of drug-likeness (QED) is 0.515. The van der Waals surface area contributed by atoms with E-state index in [0.717, 1.165) is 5.56 Å². The number of non-ortho nitro benzene ring substituents is 2. The Balaban J connectivity index is 1.60. The standard InChI is InChI=1S/C20H22N4O6/c1-13(15-5-3-7-17(9-15)23(26)27)21-11-19-12-22(20(25)30-19)14(2)16-6-4-8-18(10-16)24(28)29/h3-10,13-14,19,21H,11-12H2,1-2H3/t13-,14-,19-/m0/s1. The van der Waals surface area contributed by atoms with Crippen LogP contribution in [-0.4, -0.2) is 40.0 Å².